The number of carboxylic acid groups (broad SMARTS) is 1. The van der Waals surface area contributed by atoms with E-state index in [0.717, 1.165) is 16.8 Å². The second-order valence-corrected chi connectivity index (χ2v) is 3.38. The molecule has 1 N–H and O–H groups in total. The summed E-state index contributed by atoms with van der Waals surface area (Å²) >= 11 is 5.55. The van der Waals surface area contributed by atoms with E-state index in [1.54, 1.807) is 0 Å². The van der Waals surface area contributed by atoms with Crippen LogP contribution in [-0.4, -0.2) is 31.1 Å². The second kappa shape index (κ2) is 4.30. The van der Waals surface area contributed by atoms with Gasteiger partial charge in [-0.2, -0.15) is 9.78 Å². The van der Waals surface area contributed by atoms with E-state index in [1.807, 2.05) is 0 Å². The molecule has 0 spiro atoms. The van der Waals surface area contributed by atoms with E-state index in [-0.39, 0.29) is 16.7 Å². The first-order chi connectivity index (χ1) is 8.08. The van der Waals surface area contributed by atoms with E-state index >= 15 is 0 Å². The predicted octanol–water partition coefficient (Wildman–Crippen LogP) is 0.374. The maximum Gasteiger partial charge on any atom is 0.356 e. The van der Waals surface area contributed by atoms with Crippen molar-refractivity contribution in [2.45, 2.75) is 0 Å². The molecule has 0 aliphatic heterocycles. The van der Waals surface area contributed by atoms with Gasteiger partial charge in [0.2, 0.25) is 0 Å². The zero-order valence-electron chi connectivity index (χ0n) is 8.24. The average molecular weight is 253 g/mol. The minimum atomic E-state index is -1.24. The number of nitrogens with zero attached hydrogens (tertiary/aromatic N) is 4. The molecular weight excluding hydrogens is 248 g/mol. The highest BCUT2D eigenvalue weighted by molar-refractivity contribution is 6.29. The van der Waals surface area contributed by atoms with Crippen LogP contribution in [0.5, 0.6) is 0 Å². The minimum absolute atomic E-state index is 0.0995. The largest absolute Gasteiger partial charge is 0.476 e. The molecule has 0 saturated carbocycles. The van der Waals surface area contributed by atoms with Gasteiger partial charge in [0.25, 0.3) is 5.56 Å². The molecule has 0 aliphatic rings. The van der Waals surface area contributed by atoms with Gasteiger partial charge in [-0.3, -0.25) is 4.79 Å². The number of carboxylic acids is 1. The van der Waals surface area contributed by atoms with Gasteiger partial charge >= 0.3 is 5.97 Å². The standard InChI is InChI=1S/C9H5ClN4O3/c10-6-2-3-7(12-11-6)14-8(15)4-1-5(13-14)9(16)17/h1-4H,(H,16,17). The van der Waals surface area contributed by atoms with Crippen molar-refractivity contribution in [3.8, 4) is 5.82 Å². The van der Waals surface area contributed by atoms with Gasteiger partial charge in [0.15, 0.2) is 16.7 Å². The van der Waals surface area contributed by atoms with Gasteiger partial charge in [-0.15, -0.1) is 10.2 Å². The van der Waals surface area contributed by atoms with Gasteiger partial charge in [-0.05, 0) is 18.2 Å². The summed E-state index contributed by atoms with van der Waals surface area (Å²) in [5, 5.41) is 19.7. The van der Waals surface area contributed by atoms with Crippen LogP contribution < -0.4 is 5.56 Å². The van der Waals surface area contributed by atoms with Crippen molar-refractivity contribution < 1.29 is 9.90 Å². The molecular formula is C9H5ClN4O3. The van der Waals surface area contributed by atoms with Gasteiger partial charge in [0.1, 0.15) is 0 Å². The fraction of sp³-hybridized carbons (Fsp3) is 0. The summed E-state index contributed by atoms with van der Waals surface area (Å²) in [6, 6.07) is 5.04. The smallest absolute Gasteiger partial charge is 0.356 e. The van der Waals surface area contributed by atoms with Crippen LogP contribution in [0.25, 0.3) is 5.82 Å². The molecule has 0 fully saturated rings. The third-order valence-electron chi connectivity index (χ3n) is 1.85. The Morgan fingerprint density at radius 1 is 1.24 bits per heavy atom. The maximum absolute atomic E-state index is 11.5. The summed E-state index contributed by atoms with van der Waals surface area (Å²) in [6.07, 6.45) is 0. The molecule has 0 aromatic carbocycles. The molecule has 0 aliphatic carbocycles. The number of hydrogen-bond donors (Lipinski definition) is 1. The first kappa shape index (κ1) is 11.2. The number of aromatic carboxylic acids is 1. The van der Waals surface area contributed by atoms with Crippen molar-refractivity contribution >= 4 is 17.6 Å². The van der Waals surface area contributed by atoms with Crippen molar-refractivity contribution in [1.29, 1.82) is 0 Å². The lowest BCUT2D eigenvalue weighted by Crippen LogP contribution is -2.23. The third kappa shape index (κ3) is 2.28. The molecule has 2 rings (SSSR count). The van der Waals surface area contributed by atoms with Crippen LogP contribution in [0.1, 0.15) is 10.5 Å². The molecule has 2 aromatic rings. The maximum atomic E-state index is 11.5. The second-order valence-electron chi connectivity index (χ2n) is 2.99. The van der Waals surface area contributed by atoms with Gasteiger partial charge in [0, 0.05) is 6.07 Å². The summed E-state index contributed by atoms with van der Waals surface area (Å²) in [4.78, 5) is 22.2. The molecule has 0 radical (unpaired) electrons. The van der Waals surface area contributed by atoms with Crippen molar-refractivity contribution in [2.75, 3.05) is 0 Å². The SMILES string of the molecule is O=C(O)c1ccc(=O)n(-c2ccc(Cl)nn2)n1. The van der Waals surface area contributed by atoms with Gasteiger partial charge in [0.05, 0.1) is 0 Å². The van der Waals surface area contributed by atoms with E-state index < -0.39 is 11.5 Å². The Morgan fingerprint density at radius 2 is 2.00 bits per heavy atom. The molecule has 7 nitrogen and oxygen atoms in total. The molecule has 8 heteroatoms. The lowest BCUT2D eigenvalue weighted by atomic mass is 10.4. The highest BCUT2D eigenvalue weighted by Crippen LogP contribution is 2.04. The van der Waals surface area contributed by atoms with Gasteiger partial charge in [-0.25, -0.2) is 4.79 Å². The molecule has 0 unspecified atom stereocenters. The summed E-state index contributed by atoms with van der Waals surface area (Å²) in [5.41, 5.74) is -0.770. The van der Waals surface area contributed by atoms with Crippen LogP contribution in [-0.2, 0) is 0 Å². The zero-order chi connectivity index (χ0) is 12.4. The Hall–Kier alpha value is -2.28. The lowest BCUT2D eigenvalue weighted by Gasteiger charge is -2.02. The van der Waals surface area contributed by atoms with Crippen molar-refractivity contribution in [3.05, 3.63) is 45.5 Å². The third-order valence-corrected chi connectivity index (χ3v) is 2.06. The predicted molar refractivity (Wildman–Crippen MR) is 57.4 cm³/mol. The molecule has 0 saturated heterocycles. The molecule has 0 atom stereocenters. The topological polar surface area (TPSA) is 98.0 Å². The highest BCUT2D eigenvalue weighted by atomic mass is 35.5. The van der Waals surface area contributed by atoms with E-state index in [4.69, 9.17) is 16.7 Å². The first-order valence-electron chi connectivity index (χ1n) is 4.41. The van der Waals surface area contributed by atoms with Crippen LogP contribution in [0.4, 0.5) is 0 Å². The molecule has 86 valence electrons. The van der Waals surface area contributed by atoms with E-state index in [1.165, 1.54) is 12.1 Å². The highest BCUT2D eigenvalue weighted by Gasteiger charge is 2.09. The van der Waals surface area contributed by atoms with E-state index in [2.05, 4.69) is 15.3 Å². The van der Waals surface area contributed by atoms with Gasteiger partial charge in [-0.1, -0.05) is 11.6 Å². The molecule has 0 amide bonds. The van der Waals surface area contributed by atoms with Crippen LogP contribution >= 0.6 is 11.6 Å². The Kier molecular flexibility index (Phi) is 2.84. The molecule has 2 aromatic heterocycles. The number of halogens is 1. The van der Waals surface area contributed by atoms with Crippen LogP contribution in [0, 0.1) is 0 Å². The average Bonchev–Trinajstić information content (AvgIpc) is 2.31. The molecule has 0 bridgehead atoms. The Balaban J connectivity index is 2.58. The number of aromatic nitrogens is 4. The summed E-state index contributed by atoms with van der Waals surface area (Å²) < 4.78 is 0.840. The monoisotopic (exact) mass is 252 g/mol. The number of rotatable bonds is 2. The van der Waals surface area contributed by atoms with Gasteiger partial charge < -0.3 is 5.11 Å². The minimum Gasteiger partial charge on any atom is -0.476 e. The van der Waals surface area contributed by atoms with Crippen molar-refractivity contribution in [3.63, 3.8) is 0 Å². The fourth-order valence-electron chi connectivity index (χ4n) is 1.11. The van der Waals surface area contributed by atoms with Crippen LogP contribution in [0.15, 0.2) is 29.1 Å². The molecule has 17 heavy (non-hydrogen) atoms. The summed E-state index contributed by atoms with van der Waals surface area (Å²) in [6.45, 7) is 0. The Morgan fingerprint density at radius 3 is 2.59 bits per heavy atom. The lowest BCUT2D eigenvalue weighted by molar-refractivity contribution is 0.0688. The number of hydrogen-bond acceptors (Lipinski definition) is 5. The number of carbonyl (C=O) groups is 1. The zero-order valence-corrected chi connectivity index (χ0v) is 9.00. The Labute approximate surface area is 99.3 Å². The quantitative estimate of drug-likeness (QED) is 0.829. The Bertz CT molecular complexity index is 623. The fourth-order valence-corrected chi connectivity index (χ4v) is 1.21. The summed E-state index contributed by atoms with van der Waals surface area (Å²) in [7, 11) is 0. The van der Waals surface area contributed by atoms with E-state index in [9.17, 15) is 9.59 Å². The van der Waals surface area contributed by atoms with Crippen LogP contribution in [0.2, 0.25) is 5.15 Å². The summed E-state index contributed by atoms with van der Waals surface area (Å²) in [5.74, 6) is -1.14. The van der Waals surface area contributed by atoms with Crippen molar-refractivity contribution in [2.24, 2.45) is 0 Å². The normalized spacial score (nSPS) is 10.2. The van der Waals surface area contributed by atoms with E-state index in [0.29, 0.717) is 0 Å². The van der Waals surface area contributed by atoms with Crippen LogP contribution in [0.3, 0.4) is 0 Å². The first-order valence-corrected chi connectivity index (χ1v) is 4.79. The van der Waals surface area contributed by atoms with Crippen molar-refractivity contribution in [1.82, 2.24) is 20.0 Å². The molecule has 2 heterocycles.